The maximum atomic E-state index is 5.85. The molecule has 0 fully saturated rings. The van der Waals surface area contributed by atoms with Gasteiger partial charge in [0.05, 0.1) is 5.60 Å². The fourth-order valence-corrected chi connectivity index (χ4v) is 2.44. The Balaban J connectivity index is 4.47. The van der Waals surface area contributed by atoms with Crippen LogP contribution in [0.25, 0.3) is 0 Å². The molecule has 0 radical (unpaired) electrons. The Labute approximate surface area is 95.8 Å². The van der Waals surface area contributed by atoms with Crippen LogP contribution in [0.5, 0.6) is 0 Å². The average molecular weight is 215 g/mol. The van der Waals surface area contributed by atoms with Gasteiger partial charge >= 0.3 is 0 Å². The highest BCUT2D eigenvalue weighted by Gasteiger charge is 2.32. The van der Waals surface area contributed by atoms with Crippen molar-refractivity contribution in [3.05, 3.63) is 0 Å². The lowest BCUT2D eigenvalue weighted by Crippen LogP contribution is -2.52. The molecule has 2 unspecified atom stereocenters. The molecule has 2 nitrogen and oxygen atoms in total. The van der Waals surface area contributed by atoms with E-state index in [0.717, 1.165) is 13.2 Å². The summed E-state index contributed by atoms with van der Waals surface area (Å²) in [5.74, 6) is 0.663. The molecule has 0 spiro atoms. The molecule has 0 aromatic heterocycles. The zero-order valence-electron chi connectivity index (χ0n) is 11.4. The molecular weight excluding hydrogens is 186 g/mol. The largest absolute Gasteiger partial charge is 0.374 e. The molecule has 0 heterocycles. The van der Waals surface area contributed by atoms with Crippen LogP contribution in [0.3, 0.4) is 0 Å². The Morgan fingerprint density at radius 2 is 1.80 bits per heavy atom. The van der Waals surface area contributed by atoms with E-state index in [4.69, 9.17) is 4.74 Å². The lowest BCUT2D eigenvalue weighted by atomic mass is 9.85. The molecular formula is C13H29NO. The summed E-state index contributed by atoms with van der Waals surface area (Å²) in [6, 6.07) is 0.447. The fourth-order valence-electron chi connectivity index (χ4n) is 2.44. The number of hydrogen-bond acceptors (Lipinski definition) is 2. The molecule has 92 valence electrons. The second-order valence-electron chi connectivity index (χ2n) is 4.84. The van der Waals surface area contributed by atoms with Crippen molar-refractivity contribution in [2.75, 3.05) is 13.2 Å². The molecule has 0 aliphatic rings. The summed E-state index contributed by atoms with van der Waals surface area (Å²) in [4.78, 5) is 0. The molecule has 0 bridgehead atoms. The Morgan fingerprint density at radius 3 is 2.20 bits per heavy atom. The number of nitrogens with one attached hydrogen (secondary N) is 1. The highest BCUT2D eigenvalue weighted by molar-refractivity contribution is 4.89. The second-order valence-corrected chi connectivity index (χ2v) is 4.84. The third kappa shape index (κ3) is 4.98. The Morgan fingerprint density at radius 1 is 1.20 bits per heavy atom. The van der Waals surface area contributed by atoms with E-state index in [1.165, 1.54) is 12.8 Å². The first-order chi connectivity index (χ1) is 6.99. The monoisotopic (exact) mass is 215 g/mol. The van der Waals surface area contributed by atoms with Crippen molar-refractivity contribution in [3.63, 3.8) is 0 Å². The molecule has 2 atom stereocenters. The zero-order valence-corrected chi connectivity index (χ0v) is 11.4. The van der Waals surface area contributed by atoms with Crippen LogP contribution in [0, 0.1) is 5.92 Å². The summed E-state index contributed by atoms with van der Waals surface area (Å²) in [6.45, 7) is 15.0. The van der Waals surface area contributed by atoms with E-state index < -0.39 is 0 Å². The Kier molecular flexibility index (Phi) is 7.20. The third-order valence-electron chi connectivity index (χ3n) is 3.00. The topological polar surface area (TPSA) is 21.3 Å². The van der Waals surface area contributed by atoms with Gasteiger partial charge in [-0.1, -0.05) is 27.2 Å². The first-order valence-corrected chi connectivity index (χ1v) is 6.36. The van der Waals surface area contributed by atoms with Gasteiger partial charge in [-0.2, -0.15) is 0 Å². The van der Waals surface area contributed by atoms with Crippen LogP contribution < -0.4 is 5.32 Å². The van der Waals surface area contributed by atoms with Crippen molar-refractivity contribution in [2.24, 2.45) is 5.92 Å². The molecule has 0 saturated heterocycles. The molecule has 0 saturated carbocycles. The Hall–Kier alpha value is -0.0800. The minimum atomic E-state index is -0.0701. The quantitative estimate of drug-likeness (QED) is 0.671. The van der Waals surface area contributed by atoms with Gasteiger partial charge in [0.2, 0.25) is 0 Å². The summed E-state index contributed by atoms with van der Waals surface area (Å²) in [6.07, 6.45) is 2.50. The lowest BCUT2D eigenvalue weighted by Gasteiger charge is -2.38. The summed E-state index contributed by atoms with van der Waals surface area (Å²) < 4.78 is 5.85. The van der Waals surface area contributed by atoms with Gasteiger partial charge in [-0.05, 0) is 39.7 Å². The predicted octanol–water partition coefficient (Wildman–Crippen LogP) is 3.22. The molecule has 15 heavy (non-hydrogen) atoms. The maximum Gasteiger partial charge on any atom is 0.0781 e. The van der Waals surface area contributed by atoms with E-state index in [0.29, 0.717) is 12.0 Å². The van der Waals surface area contributed by atoms with Gasteiger partial charge in [0.25, 0.3) is 0 Å². The van der Waals surface area contributed by atoms with Crippen LogP contribution in [0.4, 0.5) is 0 Å². The summed E-state index contributed by atoms with van der Waals surface area (Å²) in [5.41, 5.74) is -0.0701. The van der Waals surface area contributed by atoms with Crippen LogP contribution in [0.2, 0.25) is 0 Å². The lowest BCUT2D eigenvalue weighted by molar-refractivity contribution is -0.0516. The van der Waals surface area contributed by atoms with Gasteiger partial charge in [0.1, 0.15) is 0 Å². The number of ether oxygens (including phenoxy) is 1. The molecule has 1 N–H and O–H groups in total. The average Bonchev–Trinajstić information content (AvgIpc) is 2.14. The van der Waals surface area contributed by atoms with Crippen molar-refractivity contribution < 1.29 is 4.74 Å². The molecule has 0 amide bonds. The highest BCUT2D eigenvalue weighted by Crippen LogP contribution is 2.24. The number of rotatable bonds is 8. The molecule has 0 aromatic carbocycles. The second kappa shape index (κ2) is 7.24. The molecule has 2 heteroatoms. The predicted molar refractivity (Wildman–Crippen MR) is 67.2 cm³/mol. The van der Waals surface area contributed by atoms with Crippen LogP contribution in [-0.2, 0) is 4.74 Å². The summed E-state index contributed by atoms with van der Waals surface area (Å²) in [7, 11) is 0. The first-order valence-electron chi connectivity index (χ1n) is 6.36. The van der Waals surface area contributed by atoms with E-state index in [1.54, 1.807) is 0 Å². The van der Waals surface area contributed by atoms with Gasteiger partial charge in [0.15, 0.2) is 0 Å². The molecule has 0 rings (SSSR count). The van der Waals surface area contributed by atoms with Crippen molar-refractivity contribution in [1.29, 1.82) is 0 Å². The SMILES string of the molecule is CCCC(C)C(NCC)C(C)(C)OCC. The maximum absolute atomic E-state index is 5.85. The van der Waals surface area contributed by atoms with Crippen molar-refractivity contribution >= 4 is 0 Å². The van der Waals surface area contributed by atoms with E-state index in [9.17, 15) is 0 Å². The standard InChI is InChI=1S/C13H29NO/c1-7-10-11(4)12(14-8-2)13(5,6)15-9-3/h11-12,14H,7-10H2,1-6H3. The van der Waals surface area contributed by atoms with Gasteiger partial charge in [-0.3, -0.25) is 0 Å². The van der Waals surface area contributed by atoms with Crippen LogP contribution >= 0.6 is 0 Å². The van der Waals surface area contributed by atoms with Crippen molar-refractivity contribution in [1.82, 2.24) is 5.32 Å². The minimum absolute atomic E-state index is 0.0701. The van der Waals surface area contributed by atoms with E-state index in [1.807, 2.05) is 0 Å². The highest BCUT2D eigenvalue weighted by atomic mass is 16.5. The van der Waals surface area contributed by atoms with E-state index >= 15 is 0 Å². The Bertz CT molecular complexity index is 157. The summed E-state index contributed by atoms with van der Waals surface area (Å²) in [5, 5.41) is 3.57. The van der Waals surface area contributed by atoms with E-state index in [2.05, 4.69) is 46.9 Å². The summed E-state index contributed by atoms with van der Waals surface area (Å²) >= 11 is 0. The molecule has 0 aromatic rings. The zero-order chi connectivity index (χ0) is 11.9. The van der Waals surface area contributed by atoms with E-state index in [-0.39, 0.29) is 5.60 Å². The van der Waals surface area contributed by atoms with Crippen LogP contribution in [-0.4, -0.2) is 24.8 Å². The normalized spacial score (nSPS) is 16.4. The van der Waals surface area contributed by atoms with Crippen molar-refractivity contribution in [3.8, 4) is 0 Å². The first kappa shape index (κ1) is 14.9. The fraction of sp³-hybridized carbons (Fsp3) is 1.00. The smallest absolute Gasteiger partial charge is 0.0781 e. The molecule has 0 aliphatic carbocycles. The number of hydrogen-bond donors (Lipinski definition) is 1. The van der Waals surface area contributed by atoms with Crippen LogP contribution in [0.1, 0.15) is 54.4 Å². The minimum Gasteiger partial charge on any atom is -0.374 e. The number of likely N-dealkylation sites (N-methyl/N-ethyl adjacent to an activating group) is 1. The third-order valence-corrected chi connectivity index (χ3v) is 3.00. The van der Waals surface area contributed by atoms with Gasteiger partial charge in [-0.25, -0.2) is 0 Å². The van der Waals surface area contributed by atoms with Crippen LogP contribution in [0.15, 0.2) is 0 Å². The molecule has 0 aliphatic heterocycles. The van der Waals surface area contributed by atoms with Crippen molar-refractivity contribution in [2.45, 2.75) is 66.0 Å². The van der Waals surface area contributed by atoms with Gasteiger partial charge in [-0.15, -0.1) is 0 Å². The van der Waals surface area contributed by atoms with Gasteiger partial charge < -0.3 is 10.1 Å². The van der Waals surface area contributed by atoms with Gasteiger partial charge in [0, 0.05) is 12.6 Å².